The van der Waals surface area contributed by atoms with Crippen LogP contribution in [-0.2, 0) is 13.5 Å². The van der Waals surface area contributed by atoms with Crippen molar-refractivity contribution >= 4 is 27.7 Å². The van der Waals surface area contributed by atoms with Crippen molar-refractivity contribution in [2.75, 3.05) is 13.6 Å². The van der Waals surface area contributed by atoms with Gasteiger partial charge in [0, 0.05) is 37.6 Å². The number of nitrogens with zero attached hydrogens (tertiary/aromatic N) is 3. The number of likely N-dealkylation sites (N-methyl/N-ethyl adjacent to an activating group) is 1. The van der Waals surface area contributed by atoms with Gasteiger partial charge in [0.05, 0.1) is 11.0 Å². The summed E-state index contributed by atoms with van der Waals surface area (Å²) in [6.45, 7) is 0.783. The number of hydrogen-bond donors (Lipinski definition) is 0. The van der Waals surface area contributed by atoms with E-state index in [0.717, 1.165) is 46.0 Å². The van der Waals surface area contributed by atoms with Crippen LogP contribution in [0.2, 0.25) is 0 Å². The van der Waals surface area contributed by atoms with Gasteiger partial charge in [-0.2, -0.15) is 0 Å². The lowest BCUT2D eigenvalue weighted by molar-refractivity contribution is 0.0771. The van der Waals surface area contributed by atoms with Crippen LogP contribution in [-0.4, -0.2) is 34.0 Å². The third-order valence-electron chi connectivity index (χ3n) is 4.28. The van der Waals surface area contributed by atoms with E-state index in [0.29, 0.717) is 0 Å². The molecule has 4 nitrogen and oxygen atoms in total. The molecule has 0 unspecified atom stereocenters. The van der Waals surface area contributed by atoms with Crippen molar-refractivity contribution < 1.29 is 4.79 Å². The minimum Gasteiger partial charge on any atom is -0.340 e. The molecule has 0 saturated carbocycles. The van der Waals surface area contributed by atoms with Crippen LogP contribution in [0.4, 0.5) is 0 Å². The fraction of sp³-hybridized carbons (Fsp3) is 0.250. The molecule has 3 aromatic rings. The summed E-state index contributed by atoms with van der Waals surface area (Å²) in [5, 5.41) is 2.27. The summed E-state index contributed by atoms with van der Waals surface area (Å²) >= 11 is 0. The van der Waals surface area contributed by atoms with Crippen LogP contribution in [0.1, 0.15) is 16.1 Å². The lowest BCUT2D eigenvalue weighted by Gasteiger charge is -2.23. The van der Waals surface area contributed by atoms with Crippen LogP contribution in [0.15, 0.2) is 30.5 Å². The molecule has 1 aromatic carbocycles. The van der Waals surface area contributed by atoms with Gasteiger partial charge >= 0.3 is 0 Å². The molecule has 0 radical (unpaired) electrons. The second kappa shape index (κ2) is 3.82. The normalized spacial score (nSPS) is 15.1. The zero-order valence-corrected chi connectivity index (χ0v) is 11.6. The van der Waals surface area contributed by atoms with Crippen LogP contribution >= 0.6 is 0 Å². The monoisotopic (exact) mass is 265 g/mol. The van der Waals surface area contributed by atoms with Gasteiger partial charge < -0.3 is 9.47 Å². The van der Waals surface area contributed by atoms with Crippen LogP contribution in [0.25, 0.3) is 21.8 Å². The summed E-state index contributed by atoms with van der Waals surface area (Å²) in [5.41, 5.74) is 4.01. The molecule has 0 N–H and O–H groups in total. The van der Waals surface area contributed by atoms with Crippen molar-refractivity contribution in [1.29, 1.82) is 0 Å². The molecule has 1 aliphatic heterocycles. The molecule has 20 heavy (non-hydrogen) atoms. The summed E-state index contributed by atoms with van der Waals surface area (Å²) in [6, 6.07) is 8.21. The predicted molar refractivity (Wildman–Crippen MR) is 78.9 cm³/mol. The van der Waals surface area contributed by atoms with Gasteiger partial charge in [-0.3, -0.25) is 9.78 Å². The van der Waals surface area contributed by atoms with E-state index in [-0.39, 0.29) is 5.91 Å². The number of benzene rings is 1. The summed E-state index contributed by atoms with van der Waals surface area (Å²) in [7, 11) is 3.83. The first-order valence-electron chi connectivity index (χ1n) is 6.79. The van der Waals surface area contributed by atoms with E-state index in [2.05, 4.69) is 23.2 Å². The minimum absolute atomic E-state index is 0.106. The number of aryl methyl sites for hydroxylation is 1. The van der Waals surface area contributed by atoms with Gasteiger partial charge in [-0.25, -0.2) is 0 Å². The fourth-order valence-corrected chi connectivity index (χ4v) is 3.24. The number of aromatic nitrogens is 2. The first-order chi connectivity index (χ1) is 9.68. The van der Waals surface area contributed by atoms with Gasteiger partial charge in [-0.1, -0.05) is 18.2 Å². The Balaban J connectivity index is 2.19. The lowest BCUT2D eigenvalue weighted by atomic mass is 10.0. The molecule has 0 aliphatic carbocycles. The zero-order valence-electron chi connectivity index (χ0n) is 11.6. The van der Waals surface area contributed by atoms with Crippen LogP contribution < -0.4 is 0 Å². The smallest absolute Gasteiger partial charge is 0.270 e. The number of hydrogen-bond acceptors (Lipinski definition) is 2. The third-order valence-corrected chi connectivity index (χ3v) is 4.28. The highest BCUT2D eigenvalue weighted by Gasteiger charge is 2.28. The number of pyridine rings is 1. The quantitative estimate of drug-likeness (QED) is 0.626. The van der Waals surface area contributed by atoms with Crippen molar-refractivity contribution in [3.8, 4) is 0 Å². The van der Waals surface area contributed by atoms with Crippen molar-refractivity contribution in [2.24, 2.45) is 7.05 Å². The second-order valence-corrected chi connectivity index (χ2v) is 5.40. The number of carbonyl (C=O) groups is 1. The molecule has 4 rings (SSSR count). The number of carbonyl (C=O) groups excluding carboxylic acids is 1. The second-order valence-electron chi connectivity index (χ2n) is 5.40. The topological polar surface area (TPSA) is 38.1 Å². The molecule has 0 saturated heterocycles. The first-order valence-corrected chi connectivity index (χ1v) is 6.79. The number of fused-ring (bicyclic) bond motifs is 5. The first kappa shape index (κ1) is 11.5. The van der Waals surface area contributed by atoms with Crippen molar-refractivity contribution in [1.82, 2.24) is 14.5 Å². The lowest BCUT2D eigenvalue weighted by Crippen LogP contribution is -2.35. The highest BCUT2D eigenvalue weighted by atomic mass is 16.2. The molecule has 4 heteroatoms. The predicted octanol–water partition coefficient (Wildman–Crippen LogP) is 2.35. The Kier molecular flexibility index (Phi) is 2.19. The SMILES string of the molecule is CN1CCc2c(n(C)c3c2ccc2cccnc23)C1=O. The average molecular weight is 265 g/mol. The van der Waals surface area contributed by atoms with E-state index in [1.54, 1.807) is 4.90 Å². The molecule has 0 atom stereocenters. The van der Waals surface area contributed by atoms with Gasteiger partial charge in [-0.05, 0) is 18.1 Å². The largest absolute Gasteiger partial charge is 0.340 e. The minimum atomic E-state index is 0.106. The Morgan fingerprint density at radius 3 is 2.90 bits per heavy atom. The summed E-state index contributed by atoms with van der Waals surface area (Å²) in [4.78, 5) is 18.7. The Labute approximate surface area is 116 Å². The Morgan fingerprint density at radius 2 is 2.05 bits per heavy atom. The summed E-state index contributed by atoms with van der Waals surface area (Å²) in [5.74, 6) is 0.106. The third kappa shape index (κ3) is 1.31. The molecule has 0 fully saturated rings. The molecular formula is C16H15N3O. The Bertz CT molecular complexity index is 863. The molecule has 100 valence electrons. The van der Waals surface area contributed by atoms with Crippen molar-refractivity contribution in [2.45, 2.75) is 6.42 Å². The summed E-state index contributed by atoms with van der Waals surface area (Å²) in [6.07, 6.45) is 2.72. The molecule has 0 spiro atoms. The van der Waals surface area contributed by atoms with E-state index >= 15 is 0 Å². The van der Waals surface area contributed by atoms with E-state index in [4.69, 9.17) is 0 Å². The van der Waals surface area contributed by atoms with Gasteiger partial charge in [-0.15, -0.1) is 0 Å². The molecular weight excluding hydrogens is 250 g/mol. The molecule has 1 aliphatic rings. The van der Waals surface area contributed by atoms with Gasteiger partial charge in [0.2, 0.25) is 0 Å². The zero-order chi connectivity index (χ0) is 13.9. The van der Waals surface area contributed by atoms with E-state index in [1.807, 2.05) is 30.9 Å². The molecule has 3 heterocycles. The van der Waals surface area contributed by atoms with Gasteiger partial charge in [0.1, 0.15) is 5.69 Å². The Morgan fingerprint density at radius 1 is 1.20 bits per heavy atom. The summed E-state index contributed by atoms with van der Waals surface area (Å²) < 4.78 is 2.01. The van der Waals surface area contributed by atoms with Gasteiger partial charge in [0.25, 0.3) is 5.91 Å². The fourth-order valence-electron chi connectivity index (χ4n) is 3.24. The molecule has 2 aromatic heterocycles. The van der Waals surface area contributed by atoms with Crippen molar-refractivity contribution in [3.05, 3.63) is 41.7 Å². The van der Waals surface area contributed by atoms with E-state index in [1.165, 1.54) is 0 Å². The average Bonchev–Trinajstić information content (AvgIpc) is 2.77. The van der Waals surface area contributed by atoms with Crippen molar-refractivity contribution in [3.63, 3.8) is 0 Å². The standard InChI is InChI=1S/C16H15N3O/c1-18-9-7-12-11-6-5-10-4-3-8-17-13(10)14(11)19(2)15(12)16(18)20/h3-6,8H,7,9H2,1-2H3. The van der Waals surface area contributed by atoms with Crippen LogP contribution in [0.5, 0.6) is 0 Å². The Hall–Kier alpha value is -2.36. The number of amides is 1. The van der Waals surface area contributed by atoms with Crippen LogP contribution in [0.3, 0.4) is 0 Å². The van der Waals surface area contributed by atoms with Gasteiger partial charge in [0.15, 0.2) is 0 Å². The molecule has 0 bridgehead atoms. The maximum absolute atomic E-state index is 12.4. The van der Waals surface area contributed by atoms with E-state index in [9.17, 15) is 4.79 Å². The molecule has 1 amide bonds. The van der Waals surface area contributed by atoms with E-state index < -0.39 is 0 Å². The highest BCUT2D eigenvalue weighted by Crippen LogP contribution is 2.33. The maximum atomic E-state index is 12.4. The van der Waals surface area contributed by atoms with Crippen LogP contribution in [0, 0.1) is 0 Å². The highest BCUT2D eigenvalue weighted by molar-refractivity contribution is 6.10. The maximum Gasteiger partial charge on any atom is 0.270 e. The number of rotatable bonds is 0.